The molecule has 3 rings (SSSR count). The van der Waals surface area contributed by atoms with E-state index < -0.39 is 0 Å². The molecule has 1 N–H and O–H groups in total. The van der Waals surface area contributed by atoms with E-state index in [9.17, 15) is 0 Å². The van der Waals surface area contributed by atoms with E-state index >= 15 is 0 Å². The van der Waals surface area contributed by atoms with Crippen LogP contribution in [-0.2, 0) is 16.7 Å². The van der Waals surface area contributed by atoms with E-state index in [1.807, 2.05) is 30.3 Å². The molecule has 2 aromatic rings. The summed E-state index contributed by atoms with van der Waals surface area (Å²) in [5.74, 6) is 0.882. The third-order valence-electron chi connectivity index (χ3n) is 5.00. The summed E-state index contributed by atoms with van der Waals surface area (Å²) in [6.07, 6.45) is 2.01. The molecule has 1 aliphatic heterocycles. The molecule has 0 unspecified atom stereocenters. The maximum Gasteiger partial charge on any atom is 0.118 e. The van der Waals surface area contributed by atoms with E-state index in [2.05, 4.69) is 29.6 Å². The first-order valence-corrected chi connectivity index (χ1v) is 8.68. The van der Waals surface area contributed by atoms with Gasteiger partial charge in [-0.25, -0.2) is 0 Å². The van der Waals surface area contributed by atoms with E-state index in [1.165, 1.54) is 5.56 Å². The number of methoxy groups -OCH3 is 1. The molecule has 1 aliphatic rings. The molecule has 0 atom stereocenters. The van der Waals surface area contributed by atoms with Crippen LogP contribution in [0.3, 0.4) is 0 Å². The lowest BCUT2D eigenvalue weighted by atomic mass is 9.74. The third kappa shape index (κ3) is 4.19. The largest absolute Gasteiger partial charge is 0.497 e. The summed E-state index contributed by atoms with van der Waals surface area (Å²) in [6, 6.07) is 18.4. The Bertz CT molecular complexity index is 728. The predicted molar refractivity (Wildman–Crippen MR) is 97.6 cm³/mol. The second-order valence-electron chi connectivity index (χ2n) is 6.54. The van der Waals surface area contributed by atoms with Crippen molar-refractivity contribution in [3.63, 3.8) is 0 Å². The van der Waals surface area contributed by atoms with Gasteiger partial charge in [0.15, 0.2) is 0 Å². The molecule has 4 heteroatoms. The second kappa shape index (κ2) is 8.15. The molecule has 130 valence electrons. The molecule has 0 aliphatic carbocycles. The van der Waals surface area contributed by atoms with Gasteiger partial charge in [-0.05, 0) is 48.2 Å². The van der Waals surface area contributed by atoms with Gasteiger partial charge in [-0.1, -0.05) is 24.3 Å². The zero-order valence-corrected chi connectivity index (χ0v) is 14.6. The molecule has 0 spiro atoms. The van der Waals surface area contributed by atoms with Crippen molar-refractivity contribution in [2.75, 3.05) is 26.9 Å². The highest BCUT2D eigenvalue weighted by Gasteiger charge is 2.34. The molecule has 0 radical (unpaired) electrons. The smallest absolute Gasteiger partial charge is 0.118 e. The average molecular weight is 336 g/mol. The monoisotopic (exact) mass is 336 g/mol. The van der Waals surface area contributed by atoms with Gasteiger partial charge in [0, 0.05) is 31.7 Å². The van der Waals surface area contributed by atoms with E-state index in [4.69, 9.17) is 14.7 Å². The Hall–Kier alpha value is -2.35. The van der Waals surface area contributed by atoms with Crippen LogP contribution in [0.5, 0.6) is 5.75 Å². The summed E-state index contributed by atoms with van der Waals surface area (Å²) in [6.45, 7) is 3.23. The van der Waals surface area contributed by atoms with Gasteiger partial charge < -0.3 is 14.8 Å². The molecular formula is C21H24N2O2. The van der Waals surface area contributed by atoms with Gasteiger partial charge in [-0.2, -0.15) is 5.26 Å². The van der Waals surface area contributed by atoms with Crippen LogP contribution in [0.15, 0.2) is 48.5 Å². The number of hydrogen-bond acceptors (Lipinski definition) is 4. The van der Waals surface area contributed by atoms with Gasteiger partial charge in [-0.3, -0.25) is 0 Å². The topological polar surface area (TPSA) is 54.3 Å². The number of rotatable bonds is 6. The Morgan fingerprint density at radius 2 is 1.92 bits per heavy atom. The zero-order chi connectivity index (χ0) is 17.5. The molecule has 0 amide bonds. The summed E-state index contributed by atoms with van der Waals surface area (Å²) in [4.78, 5) is 0. The minimum atomic E-state index is 0.0807. The molecule has 2 aromatic carbocycles. The van der Waals surface area contributed by atoms with Crippen molar-refractivity contribution < 1.29 is 9.47 Å². The normalized spacial score (nSPS) is 16.2. The number of hydrogen-bond donors (Lipinski definition) is 1. The molecule has 1 saturated heterocycles. The molecule has 25 heavy (non-hydrogen) atoms. The second-order valence-corrected chi connectivity index (χ2v) is 6.54. The van der Waals surface area contributed by atoms with Crippen molar-refractivity contribution in [2.24, 2.45) is 0 Å². The summed E-state index contributed by atoms with van der Waals surface area (Å²) >= 11 is 0. The van der Waals surface area contributed by atoms with Gasteiger partial charge in [-0.15, -0.1) is 0 Å². The lowest BCUT2D eigenvalue weighted by Gasteiger charge is -2.38. The van der Waals surface area contributed by atoms with Gasteiger partial charge in [0.25, 0.3) is 0 Å². The Morgan fingerprint density at radius 1 is 1.16 bits per heavy atom. The fourth-order valence-electron chi connectivity index (χ4n) is 3.47. The van der Waals surface area contributed by atoms with Gasteiger partial charge in [0.2, 0.25) is 0 Å². The summed E-state index contributed by atoms with van der Waals surface area (Å²) < 4.78 is 10.9. The summed E-state index contributed by atoms with van der Waals surface area (Å²) in [7, 11) is 1.69. The summed E-state index contributed by atoms with van der Waals surface area (Å²) in [5, 5.41) is 12.6. The predicted octanol–water partition coefficient (Wildman–Crippen LogP) is 3.40. The van der Waals surface area contributed by atoms with Crippen LogP contribution in [0.1, 0.15) is 29.5 Å². The molecule has 0 aromatic heterocycles. The molecular weight excluding hydrogens is 312 g/mol. The standard InChI is InChI=1S/C21H24N2O2/c1-24-20-7-5-19(6-8-20)21(9-11-25-12-10-21)16-23-15-18-4-2-3-17(13-18)14-22/h2-8,13,23H,9-12,15-16H2,1H3. The van der Waals surface area contributed by atoms with E-state index in [0.717, 1.165) is 50.5 Å². The van der Waals surface area contributed by atoms with Gasteiger partial charge in [0.05, 0.1) is 18.7 Å². The first-order chi connectivity index (χ1) is 12.3. The molecule has 4 nitrogen and oxygen atoms in total. The maximum atomic E-state index is 9.03. The van der Waals surface area contributed by atoms with Crippen molar-refractivity contribution in [1.29, 1.82) is 5.26 Å². The maximum absolute atomic E-state index is 9.03. The zero-order valence-electron chi connectivity index (χ0n) is 14.6. The molecule has 0 bridgehead atoms. The molecule has 0 saturated carbocycles. The van der Waals surface area contributed by atoms with Crippen LogP contribution in [-0.4, -0.2) is 26.9 Å². The quantitative estimate of drug-likeness (QED) is 0.878. The molecule has 1 heterocycles. The fraction of sp³-hybridized carbons (Fsp3) is 0.381. The summed E-state index contributed by atoms with van der Waals surface area (Å²) in [5.41, 5.74) is 3.25. The van der Waals surface area contributed by atoms with Crippen LogP contribution in [0.25, 0.3) is 0 Å². The van der Waals surface area contributed by atoms with Crippen LogP contribution in [0.4, 0.5) is 0 Å². The highest BCUT2D eigenvalue weighted by molar-refractivity contribution is 5.34. The van der Waals surface area contributed by atoms with Crippen molar-refractivity contribution in [2.45, 2.75) is 24.8 Å². The van der Waals surface area contributed by atoms with Crippen LogP contribution in [0.2, 0.25) is 0 Å². The van der Waals surface area contributed by atoms with Crippen molar-refractivity contribution in [3.05, 3.63) is 65.2 Å². The number of nitriles is 1. The van der Waals surface area contributed by atoms with Gasteiger partial charge in [0.1, 0.15) is 5.75 Å². The highest BCUT2D eigenvalue weighted by atomic mass is 16.5. The number of nitrogens with one attached hydrogen (secondary N) is 1. The van der Waals surface area contributed by atoms with Crippen LogP contribution < -0.4 is 10.1 Å². The first-order valence-electron chi connectivity index (χ1n) is 8.68. The number of nitrogens with zero attached hydrogens (tertiary/aromatic N) is 1. The van der Waals surface area contributed by atoms with Crippen molar-refractivity contribution in [3.8, 4) is 11.8 Å². The Morgan fingerprint density at radius 3 is 2.60 bits per heavy atom. The highest BCUT2D eigenvalue weighted by Crippen LogP contribution is 2.35. The van der Waals surface area contributed by atoms with E-state index in [0.29, 0.717) is 5.56 Å². The Labute approximate surface area is 149 Å². The third-order valence-corrected chi connectivity index (χ3v) is 5.00. The minimum absolute atomic E-state index is 0.0807. The lowest BCUT2D eigenvalue weighted by Crippen LogP contribution is -2.42. The average Bonchev–Trinajstić information content (AvgIpc) is 2.69. The number of benzene rings is 2. The Kier molecular flexibility index (Phi) is 5.70. The fourth-order valence-corrected chi connectivity index (χ4v) is 3.47. The Balaban J connectivity index is 1.71. The van der Waals surface area contributed by atoms with Crippen LogP contribution >= 0.6 is 0 Å². The van der Waals surface area contributed by atoms with E-state index in [-0.39, 0.29) is 5.41 Å². The number of ether oxygens (including phenoxy) is 2. The van der Waals surface area contributed by atoms with E-state index in [1.54, 1.807) is 7.11 Å². The van der Waals surface area contributed by atoms with Crippen LogP contribution in [0, 0.1) is 11.3 Å². The molecule has 1 fully saturated rings. The van der Waals surface area contributed by atoms with Crippen molar-refractivity contribution in [1.82, 2.24) is 5.32 Å². The minimum Gasteiger partial charge on any atom is -0.497 e. The lowest BCUT2D eigenvalue weighted by molar-refractivity contribution is 0.0497. The SMILES string of the molecule is COc1ccc(C2(CNCc3cccc(C#N)c3)CCOCC2)cc1. The van der Waals surface area contributed by atoms with Gasteiger partial charge >= 0.3 is 0 Å². The first kappa shape index (κ1) is 17.5. The van der Waals surface area contributed by atoms with Crippen molar-refractivity contribution >= 4 is 0 Å².